The first-order valence-corrected chi connectivity index (χ1v) is 7.61. The molecule has 0 unspecified atom stereocenters. The van der Waals surface area contributed by atoms with Gasteiger partial charge < -0.3 is 10.1 Å². The Kier molecular flexibility index (Phi) is 5.92. The van der Waals surface area contributed by atoms with Crippen LogP contribution in [0.4, 0.5) is 0 Å². The normalized spacial score (nSPS) is 10.2. The fourth-order valence-electron chi connectivity index (χ4n) is 2.29. The van der Waals surface area contributed by atoms with E-state index in [2.05, 4.69) is 5.32 Å². The summed E-state index contributed by atoms with van der Waals surface area (Å²) in [5, 5.41) is 2.75. The highest BCUT2D eigenvalue weighted by atomic mass is 16.5. The summed E-state index contributed by atoms with van der Waals surface area (Å²) in [6.45, 7) is 4.07. The van der Waals surface area contributed by atoms with E-state index in [1.54, 1.807) is 6.07 Å². The van der Waals surface area contributed by atoms with Gasteiger partial charge in [-0.15, -0.1) is 0 Å². The molecule has 0 saturated carbocycles. The second-order valence-electron chi connectivity index (χ2n) is 5.48. The molecule has 2 aromatic rings. The molecule has 0 atom stereocenters. The summed E-state index contributed by atoms with van der Waals surface area (Å²) in [4.78, 5) is 23.7. The lowest BCUT2D eigenvalue weighted by molar-refractivity contribution is -0.124. The van der Waals surface area contributed by atoms with Crippen LogP contribution in [0.15, 0.2) is 48.5 Å². The third-order valence-corrected chi connectivity index (χ3v) is 3.51. The smallest absolute Gasteiger partial charge is 0.338 e. The van der Waals surface area contributed by atoms with Crippen molar-refractivity contribution in [3.8, 4) is 0 Å². The van der Waals surface area contributed by atoms with Crippen molar-refractivity contribution in [2.75, 3.05) is 13.2 Å². The summed E-state index contributed by atoms with van der Waals surface area (Å²) >= 11 is 0. The number of carbonyl (C=O) groups excluding carboxylic acids is 2. The number of rotatable bonds is 6. The van der Waals surface area contributed by atoms with Gasteiger partial charge in [0, 0.05) is 6.54 Å². The van der Waals surface area contributed by atoms with E-state index in [0.29, 0.717) is 12.1 Å². The van der Waals surface area contributed by atoms with Gasteiger partial charge >= 0.3 is 5.97 Å². The van der Waals surface area contributed by atoms with Crippen LogP contribution >= 0.6 is 0 Å². The van der Waals surface area contributed by atoms with Crippen LogP contribution in [-0.4, -0.2) is 25.0 Å². The van der Waals surface area contributed by atoms with Crippen LogP contribution < -0.4 is 5.32 Å². The van der Waals surface area contributed by atoms with Crippen molar-refractivity contribution in [1.82, 2.24) is 5.32 Å². The fourth-order valence-corrected chi connectivity index (χ4v) is 2.29. The van der Waals surface area contributed by atoms with E-state index in [1.165, 1.54) is 0 Å². The van der Waals surface area contributed by atoms with Gasteiger partial charge in [-0.2, -0.15) is 0 Å². The topological polar surface area (TPSA) is 55.4 Å². The van der Waals surface area contributed by atoms with Crippen molar-refractivity contribution in [3.63, 3.8) is 0 Å². The van der Waals surface area contributed by atoms with Gasteiger partial charge in [-0.1, -0.05) is 48.0 Å². The molecule has 0 aliphatic carbocycles. The lowest BCUT2D eigenvalue weighted by atomic mass is 10.1. The van der Waals surface area contributed by atoms with Crippen molar-refractivity contribution in [2.45, 2.75) is 20.3 Å². The number of aryl methyl sites for hydroxylation is 2. The number of ether oxygens (including phenoxy) is 1. The molecule has 0 bridgehead atoms. The van der Waals surface area contributed by atoms with Crippen molar-refractivity contribution >= 4 is 11.9 Å². The first kappa shape index (κ1) is 16.7. The first-order valence-electron chi connectivity index (χ1n) is 7.61. The molecule has 0 aliphatic heterocycles. The second kappa shape index (κ2) is 8.13. The number of esters is 1. The minimum absolute atomic E-state index is 0.263. The molecular formula is C19H21NO3. The largest absolute Gasteiger partial charge is 0.452 e. The quantitative estimate of drug-likeness (QED) is 0.835. The first-order chi connectivity index (χ1) is 11.1. The van der Waals surface area contributed by atoms with Crippen LogP contribution in [0.2, 0.25) is 0 Å². The zero-order valence-electron chi connectivity index (χ0n) is 13.5. The maximum Gasteiger partial charge on any atom is 0.338 e. The van der Waals surface area contributed by atoms with Crippen LogP contribution in [0.25, 0.3) is 0 Å². The molecule has 0 fully saturated rings. The van der Waals surface area contributed by atoms with Gasteiger partial charge in [0.05, 0.1) is 5.56 Å². The molecule has 23 heavy (non-hydrogen) atoms. The highest BCUT2D eigenvalue weighted by Gasteiger charge is 2.12. The predicted octanol–water partition coefficient (Wildman–Crippen LogP) is 2.82. The third kappa shape index (κ3) is 5.25. The molecule has 0 saturated heterocycles. The Morgan fingerprint density at radius 2 is 1.78 bits per heavy atom. The maximum atomic E-state index is 12.0. The van der Waals surface area contributed by atoms with Gasteiger partial charge in [-0.3, -0.25) is 4.79 Å². The summed E-state index contributed by atoms with van der Waals surface area (Å²) in [6, 6.07) is 15.4. The zero-order valence-corrected chi connectivity index (χ0v) is 13.5. The maximum absolute atomic E-state index is 12.0. The molecule has 120 valence electrons. The molecule has 1 amide bonds. The highest BCUT2D eigenvalue weighted by Crippen LogP contribution is 2.11. The number of hydrogen-bond donors (Lipinski definition) is 1. The fraction of sp³-hybridized carbons (Fsp3) is 0.263. The van der Waals surface area contributed by atoms with Gasteiger partial charge in [0.15, 0.2) is 6.61 Å². The average Bonchev–Trinajstić information content (AvgIpc) is 2.53. The number of benzene rings is 2. The second-order valence-corrected chi connectivity index (χ2v) is 5.48. The molecule has 4 heteroatoms. The van der Waals surface area contributed by atoms with E-state index in [-0.39, 0.29) is 12.5 Å². The Balaban J connectivity index is 1.74. The van der Waals surface area contributed by atoms with Crippen molar-refractivity contribution in [1.29, 1.82) is 0 Å². The van der Waals surface area contributed by atoms with Crippen LogP contribution in [0.1, 0.15) is 27.0 Å². The third-order valence-electron chi connectivity index (χ3n) is 3.51. The lowest BCUT2D eigenvalue weighted by Gasteiger charge is -2.08. The van der Waals surface area contributed by atoms with E-state index >= 15 is 0 Å². The molecule has 0 spiro atoms. The molecular weight excluding hydrogens is 290 g/mol. The molecule has 2 aromatic carbocycles. The lowest BCUT2D eigenvalue weighted by Crippen LogP contribution is -2.30. The minimum atomic E-state index is -0.472. The summed E-state index contributed by atoms with van der Waals surface area (Å²) in [6.07, 6.45) is 0.748. The summed E-state index contributed by atoms with van der Waals surface area (Å²) < 4.78 is 5.06. The summed E-state index contributed by atoms with van der Waals surface area (Å²) in [7, 11) is 0. The minimum Gasteiger partial charge on any atom is -0.452 e. The SMILES string of the molecule is Cc1ccc(C(=O)OCC(=O)NCCc2ccccc2)c(C)c1. The van der Waals surface area contributed by atoms with Gasteiger partial charge in [0.1, 0.15) is 0 Å². The summed E-state index contributed by atoms with van der Waals surface area (Å²) in [5.74, 6) is -0.764. The van der Waals surface area contributed by atoms with E-state index in [0.717, 1.165) is 23.1 Å². The van der Waals surface area contributed by atoms with Crippen LogP contribution in [0.5, 0.6) is 0 Å². The van der Waals surface area contributed by atoms with E-state index in [9.17, 15) is 9.59 Å². The van der Waals surface area contributed by atoms with Gasteiger partial charge in [0.25, 0.3) is 5.91 Å². The Morgan fingerprint density at radius 1 is 1.04 bits per heavy atom. The predicted molar refractivity (Wildman–Crippen MR) is 89.4 cm³/mol. The number of carbonyl (C=O) groups is 2. The molecule has 0 radical (unpaired) electrons. The van der Waals surface area contributed by atoms with E-state index in [4.69, 9.17) is 4.74 Å². The van der Waals surface area contributed by atoms with Gasteiger partial charge in [-0.05, 0) is 37.5 Å². The number of nitrogens with one attached hydrogen (secondary N) is 1. The van der Waals surface area contributed by atoms with Crippen molar-refractivity contribution < 1.29 is 14.3 Å². The Labute approximate surface area is 136 Å². The molecule has 4 nitrogen and oxygen atoms in total. The van der Waals surface area contributed by atoms with E-state index < -0.39 is 5.97 Å². The van der Waals surface area contributed by atoms with Gasteiger partial charge in [0.2, 0.25) is 0 Å². The number of amides is 1. The monoisotopic (exact) mass is 311 g/mol. The van der Waals surface area contributed by atoms with Crippen LogP contribution in [-0.2, 0) is 16.0 Å². The zero-order chi connectivity index (χ0) is 16.7. The molecule has 0 aromatic heterocycles. The summed E-state index contributed by atoms with van der Waals surface area (Å²) in [5.41, 5.74) is 3.57. The van der Waals surface area contributed by atoms with Crippen molar-refractivity contribution in [3.05, 3.63) is 70.8 Å². The molecule has 0 aliphatic rings. The van der Waals surface area contributed by atoms with Crippen LogP contribution in [0.3, 0.4) is 0 Å². The Morgan fingerprint density at radius 3 is 2.48 bits per heavy atom. The Hall–Kier alpha value is -2.62. The van der Waals surface area contributed by atoms with Gasteiger partial charge in [-0.25, -0.2) is 4.79 Å². The Bertz CT molecular complexity index is 680. The van der Waals surface area contributed by atoms with Crippen LogP contribution in [0, 0.1) is 13.8 Å². The average molecular weight is 311 g/mol. The highest BCUT2D eigenvalue weighted by molar-refractivity contribution is 5.92. The van der Waals surface area contributed by atoms with E-state index in [1.807, 2.05) is 56.3 Å². The van der Waals surface area contributed by atoms with Crippen molar-refractivity contribution in [2.24, 2.45) is 0 Å². The molecule has 2 rings (SSSR count). The molecule has 1 N–H and O–H groups in total. The molecule has 0 heterocycles. The standard InChI is InChI=1S/C19H21NO3/c1-14-8-9-17(15(2)12-14)19(22)23-13-18(21)20-11-10-16-6-4-3-5-7-16/h3-9,12H,10-11,13H2,1-2H3,(H,20,21). The number of hydrogen-bond acceptors (Lipinski definition) is 3.